The Balaban J connectivity index is 1.90. The maximum absolute atomic E-state index is 13.2. The molecule has 0 aliphatic rings. The van der Waals surface area contributed by atoms with Gasteiger partial charge in [0.2, 0.25) is 0 Å². The van der Waals surface area contributed by atoms with Gasteiger partial charge < -0.3 is 9.47 Å². The number of benzene rings is 2. The first kappa shape index (κ1) is 21.5. The van der Waals surface area contributed by atoms with Gasteiger partial charge >= 0.3 is 6.18 Å². The molecule has 0 unspecified atom stereocenters. The number of hydrogen-bond donors (Lipinski definition) is 0. The Hall–Kier alpha value is -3.19. The predicted octanol–water partition coefficient (Wildman–Crippen LogP) is 4.88. The Bertz CT molecular complexity index is 1030. The van der Waals surface area contributed by atoms with Gasteiger partial charge in [0.05, 0.1) is 24.4 Å². The number of methoxy groups -OCH3 is 1. The Kier molecular flexibility index (Phi) is 6.84. The van der Waals surface area contributed by atoms with Crippen molar-refractivity contribution in [3.8, 4) is 23.3 Å². The molecule has 30 heavy (non-hydrogen) atoms. The highest BCUT2D eigenvalue weighted by molar-refractivity contribution is 7.99. The van der Waals surface area contributed by atoms with Crippen molar-refractivity contribution in [1.82, 2.24) is 14.8 Å². The van der Waals surface area contributed by atoms with E-state index in [4.69, 9.17) is 14.7 Å². The minimum Gasteiger partial charge on any atom is -0.497 e. The minimum absolute atomic E-state index is 0.00557. The van der Waals surface area contributed by atoms with Crippen molar-refractivity contribution >= 4 is 11.8 Å². The Morgan fingerprint density at radius 3 is 2.50 bits per heavy atom. The summed E-state index contributed by atoms with van der Waals surface area (Å²) in [6.45, 7) is -0.00557. The second-order valence-corrected chi connectivity index (χ2v) is 7.07. The molecule has 6 nitrogen and oxygen atoms in total. The van der Waals surface area contributed by atoms with Gasteiger partial charge in [0, 0.05) is 12.2 Å². The molecule has 0 fully saturated rings. The molecule has 156 valence electrons. The molecular formula is C20H17F3N4O2S. The first-order valence-corrected chi connectivity index (χ1v) is 9.79. The number of nitrogens with zero attached hydrogens (tertiary/aromatic N) is 4. The third kappa shape index (κ3) is 5.24. The van der Waals surface area contributed by atoms with Gasteiger partial charge in [-0.15, -0.1) is 10.2 Å². The number of rotatable bonds is 8. The molecule has 0 N–H and O–H groups in total. The number of alkyl halides is 3. The van der Waals surface area contributed by atoms with E-state index in [0.29, 0.717) is 28.2 Å². The average molecular weight is 434 g/mol. The molecule has 1 heterocycles. The van der Waals surface area contributed by atoms with Crippen molar-refractivity contribution in [3.63, 3.8) is 0 Å². The standard InChI is InChI=1S/C20H17F3N4O2S/c1-28-16-6-8-17(9-7-16)29-13-18-25-26-19(30-11-3-10-24)27(18)15-5-2-4-14(12-15)20(21,22)23/h2,4-9,12H,3,11,13H2,1H3. The summed E-state index contributed by atoms with van der Waals surface area (Å²) in [5.74, 6) is 2.00. The van der Waals surface area contributed by atoms with Gasteiger partial charge in [-0.1, -0.05) is 17.8 Å². The fraction of sp³-hybridized carbons (Fsp3) is 0.250. The van der Waals surface area contributed by atoms with Crippen molar-refractivity contribution in [2.75, 3.05) is 12.9 Å². The molecule has 10 heteroatoms. The third-order valence-corrected chi connectivity index (χ3v) is 4.94. The first-order valence-electron chi connectivity index (χ1n) is 8.81. The summed E-state index contributed by atoms with van der Waals surface area (Å²) in [5, 5.41) is 17.3. The Labute approximate surface area is 175 Å². The lowest BCUT2D eigenvalue weighted by Gasteiger charge is -2.13. The third-order valence-electron chi connectivity index (χ3n) is 4.00. The van der Waals surface area contributed by atoms with Crippen LogP contribution in [-0.4, -0.2) is 27.6 Å². The number of thioether (sulfide) groups is 1. The zero-order valence-electron chi connectivity index (χ0n) is 15.9. The van der Waals surface area contributed by atoms with Crippen molar-refractivity contribution in [2.45, 2.75) is 24.4 Å². The smallest absolute Gasteiger partial charge is 0.416 e. The summed E-state index contributed by atoms with van der Waals surface area (Å²) in [4.78, 5) is 0. The monoisotopic (exact) mass is 434 g/mol. The molecule has 1 aromatic heterocycles. The number of hydrogen-bond acceptors (Lipinski definition) is 6. The van der Waals surface area contributed by atoms with Crippen LogP contribution >= 0.6 is 11.8 Å². The molecule has 3 rings (SSSR count). The summed E-state index contributed by atoms with van der Waals surface area (Å²) in [6, 6.07) is 13.8. The summed E-state index contributed by atoms with van der Waals surface area (Å²) < 4.78 is 51.9. The normalized spacial score (nSPS) is 11.2. The molecule has 3 aromatic rings. The van der Waals surface area contributed by atoms with Crippen molar-refractivity contribution in [3.05, 3.63) is 59.9 Å². The van der Waals surface area contributed by atoms with E-state index in [1.807, 2.05) is 6.07 Å². The molecule has 0 saturated carbocycles. The van der Waals surface area contributed by atoms with E-state index in [1.54, 1.807) is 37.4 Å². The quantitative estimate of drug-likeness (QED) is 0.372. The van der Waals surface area contributed by atoms with Gasteiger partial charge in [-0.25, -0.2) is 0 Å². The molecule has 0 atom stereocenters. The first-order chi connectivity index (χ1) is 14.4. The zero-order chi connectivity index (χ0) is 21.6. The molecule has 0 bridgehead atoms. The van der Waals surface area contributed by atoms with Gasteiger partial charge in [0.15, 0.2) is 11.0 Å². The van der Waals surface area contributed by atoms with Gasteiger partial charge in [-0.3, -0.25) is 4.57 Å². The van der Waals surface area contributed by atoms with Gasteiger partial charge in [-0.05, 0) is 42.5 Å². The van der Waals surface area contributed by atoms with E-state index in [9.17, 15) is 13.2 Å². The topological polar surface area (TPSA) is 73.0 Å². The predicted molar refractivity (Wildman–Crippen MR) is 105 cm³/mol. The van der Waals surface area contributed by atoms with Crippen LogP contribution in [0.5, 0.6) is 11.5 Å². The highest BCUT2D eigenvalue weighted by Crippen LogP contribution is 2.32. The molecule has 0 radical (unpaired) electrons. The fourth-order valence-corrected chi connectivity index (χ4v) is 3.39. The highest BCUT2D eigenvalue weighted by Gasteiger charge is 2.31. The fourth-order valence-electron chi connectivity index (χ4n) is 2.58. The van der Waals surface area contributed by atoms with E-state index in [0.717, 1.165) is 12.1 Å². The van der Waals surface area contributed by atoms with E-state index < -0.39 is 11.7 Å². The van der Waals surface area contributed by atoms with Gasteiger partial charge in [0.1, 0.15) is 18.1 Å². The second-order valence-electron chi connectivity index (χ2n) is 6.00. The van der Waals surface area contributed by atoms with Crippen LogP contribution in [0.25, 0.3) is 5.69 Å². The zero-order valence-corrected chi connectivity index (χ0v) is 16.7. The van der Waals surface area contributed by atoms with Crippen LogP contribution in [0.4, 0.5) is 13.2 Å². The Morgan fingerprint density at radius 1 is 1.10 bits per heavy atom. The molecule has 0 aliphatic carbocycles. The van der Waals surface area contributed by atoms with Gasteiger partial charge in [0.25, 0.3) is 0 Å². The van der Waals surface area contributed by atoms with Crippen LogP contribution in [0.3, 0.4) is 0 Å². The molecule has 2 aromatic carbocycles. The van der Waals surface area contributed by atoms with Crippen molar-refractivity contribution in [1.29, 1.82) is 5.26 Å². The lowest BCUT2D eigenvalue weighted by Crippen LogP contribution is -2.09. The largest absolute Gasteiger partial charge is 0.497 e. The number of halogens is 3. The molecule has 0 spiro atoms. The van der Waals surface area contributed by atoms with Crippen LogP contribution in [0.1, 0.15) is 17.8 Å². The maximum Gasteiger partial charge on any atom is 0.416 e. The minimum atomic E-state index is -4.47. The number of nitriles is 1. The van der Waals surface area contributed by atoms with E-state index in [-0.39, 0.29) is 18.7 Å². The van der Waals surface area contributed by atoms with E-state index in [2.05, 4.69) is 10.2 Å². The summed E-state index contributed by atoms with van der Waals surface area (Å²) in [5.41, 5.74) is -0.508. The van der Waals surface area contributed by atoms with Crippen LogP contribution in [-0.2, 0) is 12.8 Å². The van der Waals surface area contributed by atoms with E-state index in [1.165, 1.54) is 22.4 Å². The van der Waals surface area contributed by atoms with Crippen LogP contribution < -0.4 is 9.47 Å². The summed E-state index contributed by atoms with van der Waals surface area (Å²) >= 11 is 1.24. The van der Waals surface area contributed by atoms with Crippen LogP contribution in [0.2, 0.25) is 0 Å². The summed E-state index contributed by atoms with van der Waals surface area (Å²) in [6.07, 6.45) is -4.20. The lowest BCUT2D eigenvalue weighted by atomic mass is 10.2. The molecular weight excluding hydrogens is 417 g/mol. The van der Waals surface area contributed by atoms with E-state index >= 15 is 0 Å². The Morgan fingerprint density at radius 2 is 1.83 bits per heavy atom. The lowest BCUT2D eigenvalue weighted by molar-refractivity contribution is -0.137. The molecule has 0 amide bonds. The maximum atomic E-state index is 13.2. The van der Waals surface area contributed by atoms with Crippen molar-refractivity contribution in [2.24, 2.45) is 0 Å². The number of ether oxygens (including phenoxy) is 2. The molecule has 0 aliphatic heterocycles. The second kappa shape index (κ2) is 9.54. The van der Waals surface area contributed by atoms with Gasteiger partial charge in [-0.2, -0.15) is 18.4 Å². The number of aromatic nitrogens is 3. The van der Waals surface area contributed by atoms with Crippen molar-refractivity contribution < 1.29 is 22.6 Å². The highest BCUT2D eigenvalue weighted by atomic mass is 32.2. The van der Waals surface area contributed by atoms with Crippen LogP contribution in [0.15, 0.2) is 53.7 Å². The van der Waals surface area contributed by atoms with Crippen LogP contribution in [0, 0.1) is 11.3 Å². The SMILES string of the molecule is COc1ccc(OCc2nnc(SCCC#N)n2-c2cccc(C(F)(F)F)c2)cc1. The molecule has 0 saturated heterocycles. The average Bonchev–Trinajstić information content (AvgIpc) is 3.15. The summed E-state index contributed by atoms with van der Waals surface area (Å²) in [7, 11) is 1.55.